The first-order chi connectivity index (χ1) is 11.2. The number of allylic oxidation sites excluding steroid dienone is 1. The number of carbonyl (C=O) groups excluding carboxylic acids is 2. The second-order valence-corrected chi connectivity index (χ2v) is 5.88. The third kappa shape index (κ3) is 4.29. The van der Waals surface area contributed by atoms with Crippen LogP contribution in [0.2, 0.25) is 5.02 Å². The Morgan fingerprint density at radius 2 is 2.08 bits per heavy atom. The second-order valence-electron chi connectivity index (χ2n) is 5.48. The summed E-state index contributed by atoms with van der Waals surface area (Å²) in [7, 11) is 0. The van der Waals surface area contributed by atoms with Gasteiger partial charge in [0.2, 0.25) is 5.91 Å². The summed E-state index contributed by atoms with van der Waals surface area (Å²) in [6, 6.07) is 4.46. The molecule has 0 aromatic heterocycles. The van der Waals surface area contributed by atoms with Crippen molar-refractivity contribution in [3.63, 3.8) is 0 Å². The summed E-state index contributed by atoms with van der Waals surface area (Å²) < 4.78 is 36.7. The quantitative estimate of drug-likeness (QED) is 0.833. The largest absolute Gasteiger partial charge is 0.454 e. The van der Waals surface area contributed by atoms with Crippen LogP contribution in [0.25, 0.3) is 0 Å². The van der Waals surface area contributed by atoms with Gasteiger partial charge in [-0.15, -0.1) is 0 Å². The van der Waals surface area contributed by atoms with Crippen molar-refractivity contribution in [3.05, 3.63) is 41.1 Å². The van der Waals surface area contributed by atoms with Gasteiger partial charge in [0, 0.05) is 29.5 Å². The van der Waals surface area contributed by atoms with E-state index in [2.05, 4.69) is 5.32 Å². The fourth-order valence-corrected chi connectivity index (χ4v) is 2.64. The van der Waals surface area contributed by atoms with Gasteiger partial charge in [-0.25, -0.2) is 0 Å². The molecule has 8 heteroatoms. The van der Waals surface area contributed by atoms with E-state index in [0.29, 0.717) is 41.7 Å². The van der Waals surface area contributed by atoms with Crippen LogP contribution in [-0.2, 0) is 9.59 Å². The maximum atomic E-state index is 12.4. The highest BCUT2D eigenvalue weighted by Crippen LogP contribution is 2.25. The van der Waals surface area contributed by atoms with E-state index in [4.69, 9.17) is 11.6 Å². The summed E-state index contributed by atoms with van der Waals surface area (Å²) in [5, 5.41) is 3.24. The number of benzene rings is 1. The molecular formula is C16H16ClF3N2O2. The summed E-state index contributed by atoms with van der Waals surface area (Å²) in [5.74, 6) is -2.29. The van der Waals surface area contributed by atoms with Crippen molar-refractivity contribution in [3.8, 4) is 0 Å². The molecule has 1 amide bonds. The molecule has 0 spiro atoms. The number of rotatable bonds is 4. The van der Waals surface area contributed by atoms with E-state index >= 15 is 0 Å². The van der Waals surface area contributed by atoms with Crippen LogP contribution >= 0.6 is 11.6 Å². The monoisotopic (exact) mass is 360 g/mol. The van der Waals surface area contributed by atoms with Gasteiger partial charge in [-0.3, -0.25) is 9.59 Å². The summed E-state index contributed by atoms with van der Waals surface area (Å²) in [5.41, 5.74) is 1.26. The zero-order valence-corrected chi connectivity index (χ0v) is 13.6. The minimum atomic E-state index is -4.91. The number of nitrogens with zero attached hydrogens (tertiary/aromatic N) is 1. The lowest BCUT2D eigenvalue weighted by Crippen LogP contribution is -2.37. The van der Waals surface area contributed by atoms with E-state index in [-0.39, 0.29) is 5.91 Å². The minimum Gasteiger partial charge on any atom is -0.365 e. The van der Waals surface area contributed by atoms with E-state index < -0.39 is 18.0 Å². The SMILES string of the molecule is Cc1c(Cl)cccc1NC(=O)C1CCCN1/C=C/C(=O)C(F)(F)F. The lowest BCUT2D eigenvalue weighted by Gasteiger charge is -2.22. The molecule has 1 unspecified atom stereocenters. The Kier molecular flexibility index (Phi) is 5.54. The van der Waals surface area contributed by atoms with E-state index in [1.54, 1.807) is 25.1 Å². The number of amides is 1. The van der Waals surface area contributed by atoms with Crippen LogP contribution in [0.3, 0.4) is 0 Å². The third-order valence-corrected chi connectivity index (χ3v) is 4.23. The predicted octanol–water partition coefficient (Wildman–Crippen LogP) is 3.70. The first kappa shape index (κ1) is 18.3. The van der Waals surface area contributed by atoms with Gasteiger partial charge in [-0.05, 0) is 37.5 Å². The lowest BCUT2D eigenvalue weighted by molar-refractivity contribution is -0.165. The Hall–Kier alpha value is -2.02. The number of hydrogen-bond acceptors (Lipinski definition) is 3. The zero-order valence-electron chi connectivity index (χ0n) is 12.9. The molecule has 1 aliphatic rings. The fourth-order valence-electron chi connectivity index (χ4n) is 2.47. The van der Waals surface area contributed by atoms with Gasteiger partial charge >= 0.3 is 6.18 Å². The molecule has 1 N–H and O–H groups in total. The molecule has 1 heterocycles. The number of hydrogen-bond donors (Lipinski definition) is 1. The smallest absolute Gasteiger partial charge is 0.365 e. The molecule has 24 heavy (non-hydrogen) atoms. The van der Waals surface area contributed by atoms with Gasteiger partial charge in [0.25, 0.3) is 5.78 Å². The van der Waals surface area contributed by atoms with Gasteiger partial charge in [0.1, 0.15) is 6.04 Å². The van der Waals surface area contributed by atoms with Crippen LogP contribution in [0.15, 0.2) is 30.5 Å². The van der Waals surface area contributed by atoms with Crippen molar-refractivity contribution in [2.75, 3.05) is 11.9 Å². The summed E-state index contributed by atoms with van der Waals surface area (Å²) in [6.45, 7) is 2.17. The Balaban J connectivity index is 2.07. The summed E-state index contributed by atoms with van der Waals surface area (Å²) in [6.07, 6.45) is -2.27. The normalized spacial score (nSPS) is 18.2. The standard InChI is InChI=1S/C16H16ClF3N2O2/c1-10-11(17)4-2-5-12(10)21-15(24)13-6-3-8-22(13)9-7-14(23)16(18,19)20/h2,4-5,7,9,13H,3,6,8H2,1H3,(H,21,24)/b9-7+. The molecule has 2 rings (SSSR count). The fraction of sp³-hybridized carbons (Fsp3) is 0.375. The van der Waals surface area contributed by atoms with Crippen LogP contribution in [-0.4, -0.2) is 35.4 Å². The molecule has 0 bridgehead atoms. The molecule has 1 saturated heterocycles. The molecule has 1 atom stereocenters. The van der Waals surface area contributed by atoms with Crippen molar-refractivity contribution in [2.24, 2.45) is 0 Å². The Bertz CT molecular complexity index is 674. The Morgan fingerprint density at radius 1 is 1.38 bits per heavy atom. The number of alkyl halides is 3. The first-order valence-corrected chi connectivity index (χ1v) is 7.69. The molecule has 1 aromatic carbocycles. The predicted molar refractivity (Wildman–Crippen MR) is 84.7 cm³/mol. The number of likely N-dealkylation sites (tertiary alicyclic amines) is 1. The van der Waals surface area contributed by atoms with E-state index in [0.717, 1.165) is 6.20 Å². The highest BCUT2D eigenvalue weighted by atomic mass is 35.5. The van der Waals surface area contributed by atoms with Crippen molar-refractivity contribution in [1.82, 2.24) is 4.90 Å². The van der Waals surface area contributed by atoms with Crippen LogP contribution in [0.4, 0.5) is 18.9 Å². The van der Waals surface area contributed by atoms with Crippen molar-refractivity contribution >= 4 is 29.0 Å². The number of nitrogens with one attached hydrogen (secondary N) is 1. The molecule has 1 aliphatic heterocycles. The minimum absolute atomic E-state index is 0.345. The third-order valence-electron chi connectivity index (χ3n) is 3.82. The molecule has 0 aliphatic carbocycles. The topological polar surface area (TPSA) is 49.4 Å². The molecule has 0 radical (unpaired) electrons. The maximum Gasteiger partial charge on any atom is 0.454 e. The Morgan fingerprint density at radius 3 is 2.75 bits per heavy atom. The van der Waals surface area contributed by atoms with Gasteiger partial charge < -0.3 is 10.2 Å². The average Bonchev–Trinajstić information content (AvgIpc) is 2.97. The summed E-state index contributed by atoms with van der Waals surface area (Å²) >= 11 is 6.00. The molecule has 1 fully saturated rings. The zero-order chi connectivity index (χ0) is 17.9. The average molecular weight is 361 g/mol. The van der Waals surface area contributed by atoms with Crippen LogP contribution in [0.5, 0.6) is 0 Å². The Labute approximate surface area is 142 Å². The molecule has 130 valence electrons. The van der Waals surface area contributed by atoms with Crippen LogP contribution in [0, 0.1) is 6.92 Å². The lowest BCUT2D eigenvalue weighted by atomic mass is 10.1. The number of halogens is 4. The maximum absolute atomic E-state index is 12.4. The highest BCUT2D eigenvalue weighted by molar-refractivity contribution is 6.31. The van der Waals surface area contributed by atoms with Gasteiger partial charge in [0.15, 0.2) is 0 Å². The van der Waals surface area contributed by atoms with Crippen molar-refractivity contribution in [2.45, 2.75) is 32.0 Å². The van der Waals surface area contributed by atoms with E-state index in [9.17, 15) is 22.8 Å². The highest BCUT2D eigenvalue weighted by Gasteiger charge is 2.37. The number of ketones is 1. The van der Waals surface area contributed by atoms with Gasteiger partial charge in [0.05, 0.1) is 0 Å². The second kappa shape index (κ2) is 7.25. The first-order valence-electron chi connectivity index (χ1n) is 7.31. The van der Waals surface area contributed by atoms with Crippen LogP contribution in [0.1, 0.15) is 18.4 Å². The van der Waals surface area contributed by atoms with Crippen molar-refractivity contribution in [1.29, 1.82) is 0 Å². The number of anilines is 1. The number of carbonyl (C=O) groups is 2. The van der Waals surface area contributed by atoms with Gasteiger partial charge in [-0.1, -0.05) is 17.7 Å². The molecule has 4 nitrogen and oxygen atoms in total. The molecule has 1 aromatic rings. The molecule has 0 saturated carbocycles. The van der Waals surface area contributed by atoms with Crippen LogP contribution < -0.4 is 5.32 Å². The van der Waals surface area contributed by atoms with Gasteiger partial charge in [-0.2, -0.15) is 13.2 Å². The molecular weight excluding hydrogens is 345 g/mol. The summed E-state index contributed by atoms with van der Waals surface area (Å²) in [4.78, 5) is 24.8. The van der Waals surface area contributed by atoms with Crippen molar-refractivity contribution < 1.29 is 22.8 Å². The van der Waals surface area contributed by atoms with E-state index in [1.807, 2.05) is 0 Å². The van der Waals surface area contributed by atoms with E-state index in [1.165, 1.54) is 4.90 Å².